The number of unbranched alkanes of at least 4 members (excludes halogenated alkanes) is 36. The molecule has 370 valence electrons. The van der Waals surface area contributed by atoms with E-state index in [9.17, 15) is 19.0 Å². The molecule has 0 aliphatic rings. The molecular weight excluding hydrogens is 798 g/mol. The Bertz CT molecular complexity index is 1020. The summed E-state index contributed by atoms with van der Waals surface area (Å²) in [4.78, 5) is 37.7. The Morgan fingerprint density at radius 2 is 0.726 bits per heavy atom. The lowest BCUT2D eigenvalue weighted by Crippen LogP contribution is -2.37. The van der Waals surface area contributed by atoms with Crippen molar-refractivity contribution in [3.8, 4) is 0 Å². The number of ether oxygens (including phenoxy) is 2. The first-order chi connectivity index (χ1) is 30.0. The van der Waals surface area contributed by atoms with Crippen LogP contribution < -0.4 is 4.89 Å². The average Bonchev–Trinajstić information content (AvgIpc) is 3.23. The van der Waals surface area contributed by atoms with Crippen molar-refractivity contribution in [3.05, 3.63) is 0 Å². The molecule has 0 aliphatic carbocycles. The zero-order valence-electron chi connectivity index (χ0n) is 41.9. The number of hydrogen-bond donors (Lipinski definition) is 0. The maximum Gasteiger partial charge on any atom is 0.306 e. The van der Waals surface area contributed by atoms with Crippen LogP contribution in [0.25, 0.3) is 0 Å². The van der Waals surface area contributed by atoms with Crippen molar-refractivity contribution in [1.29, 1.82) is 0 Å². The molecular formula is C52H104NO8P. The summed E-state index contributed by atoms with van der Waals surface area (Å²) in [7, 11) is 1.19. The molecule has 0 heterocycles. The van der Waals surface area contributed by atoms with E-state index < -0.39 is 26.5 Å². The summed E-state index contributed by atoms with van der Waals surface area (Å²) >= 11 is 0. The van der Waals surface area contributed by atoms with Gasteiger partial charge in [-0.3, -0.25) is 14.2 Å². The van der Waals surface area contributed by atoms with E-state index in [1.807, 2.05) is 21.1 Å². The molecule has 0 radical (unpaired) electrons. The van der Waals surface area contributed by atoms with Gasteiger partial charge in [0.1, 0.15) is 19.8 Å². The van der Waals surface area contributed by atoms with Crippen LogP contribution in [0.15, 0.2) is 0 Å². The van der Waals surface area contributed by atoms with Crippen molar-refractivity contribution in [2.45, 2.75) is 277 Å². The van der Waals surface area contributed by atoms with Crippen molar-refractivity contribution in [1.82, 2.24) is 0 Å². The van der Waals surface area contributed by atoms with Crippen molar-refractivity contribution in [3.63, 3.8) is 0 Å². The number of carbonyl (C=O) groups is 2. The standard InChI is InChI=1S/C52H104NO8P/c1-6-8-10-12-14-16-18-20-22-23-24-25-26-27-28-29-31-33-35-37-39-41-43-45-52(55)61-50(49-60-62(56,57)59-47-46-53(3,4)5)48-58-51(54)44-42-40-38-36-34-32-30-21-19-17-15-13-11-9-7-2/h50H,6-49H2,1-5H3/t50-/m1/s1. The van der Waals surface area contributed by atoms with Gasteiger partial charge in [0.15, 0.2) is 6.10 Å². The molecule has 0 spiro atoms. The molecule has 0 saturated heterocycles. The van der Waals surface area contributed by atoms with Gasteiger partial charge in [-0.15, -0.1) is 0 Å². The summed E-state index contributed by atoms with van der Waals surface area (Å²) in [5.41, 5.74) is 0. The fourth-order valence-corrected chi connectivity index (χ4v) is 8.68. The summed E-state index contributed by atoms with van der Waals surface area (Å²) < 4.78 is 34.1. The fourth-order valence-electron chi connectivity index (χ4n) is 7.95. The number of phosphoric acid groups is 1. The van der Waals surface area contributed by atoms with Crippen LogP contribution in [0, 0.1) is 0 Å². The van der Waals surface area contributed by atoms with Crippen molar-refractivity contribution in [2.75, 3.05) is 47.5 Å². The van der Waals surface area contributed by atoms with Crippen LogP contribution in [0.3, 0.4) is 0 Å². The van der Waals surface area contributed by atoms with E-state index in [-0.39, 0.29) is 32.0 Å². The van der Waals surface area contributed by atoms with Gasteiger partial charge in [-0.1, -0.05) is 245 Å². The third kappa shape index (κ3) is 48.5. The number of nitrogens with zero attached hydrogens (tertiary/aromatic N) is 1. The normalized spacial score (nSPS) is 13.3. The molecule has 62 heavy (non-hydrogen) atoms. The largest absolute Gasteiger partial charge is 0.756 e. The quantitative estimate of drug-likeness (QED) is 0.0257. The van der Waals surface area contributed by atoms with Crippen LogP contribution in [0.5, 0.6) is 0 Å². The summed E-state index contributed by atoms with van der Waals surface area (Å²) in [6, 6.07) is 0. The van der Waals surface area contributed by atoms with Gasteiger partial charge in [-0.05, 0) is 12.8 Å². The van der Waals surface area contributed by atoms with Gasteiger partial charge in [0.05, 0.1) is 27.7 Å². The third-order valence-electron chi connectivity index (χ3n) is 12.1. The van der Waals surface area contributed by atoms with Crippen molar-refractivity contribution in [2.24, 2.45) is 0 Å². The molecule has 0 aliphatic heterocycles. The Balaban J connectivity index is 4.14. The smallest absolute Gasteiger partial charge is 0.306 e. The van der Waals surface area contributed by atoms with Crippen molar-refractivity contribution >= 4 is 19.8 Å². The Labute approximate surface area is 384 Å². The van der Waals surface area contributed by atoms with Gasteiger partial charge in [-0.25, -0.2) is 0 Å². The molecule has 0 N–H and O–H groups in total. The summed E-state index contributed by atoms with van der Waals surface area (Å²) in [5.74, 6) is -0.813. The van der Waals surface area contributed by atoms with Crippen LogP contribution in [-0.4, -0.2) is 70.0 Å². The maximum atomic E-state index is 12.8. The summed E-state index contributed by atoms with van der Waals surface area (Å²) in [6.45, 7) is 4.30. The zero-order chi connectivity index (χ0) is 45.7. The first-order valence-electron chi connectivity index (χ1n) is 26.7. The van der Waals surface area contributed by atoms with Crippen LogP contribution in [0.1, 0.15) is 271 Å². The molecule has 0 bridgehead atoms. The predicted molar refractivity (Wildman–Crippen MR) is 259 cm³/mol. The van der Waals surface area contributed by atoms with Crippen LogP contribution in [0.4, 0.5) is 0 Å². The van der Waals surface area contributed by atoms with Crippen molar-refractivity contribution < 1.29 is 42.1 Å². The summed E-state index contributed by atoms with van der Waals surface area (Å²) in [6.07, 6.45) is 48.5. The minimum atomic E-state index is -4.62. The molecule has 10 heteroatoms. The van der Waals surface area contributed by atoms with Gasteiger partial charge in [0, 0.05) is 12.8 Å². The number of hydrogen-bond acceptors (Lipinski definition) is 8. The topological polar surface area (TPSA) is 111 Å². The van der Waals surface area contributed by atoms with Gasteiger partial charge in [0.2, 0.25) is 0 Å². The number of phosphoric ester groups is 1. The highest BCUT2D eigenvalue weighted by Gasteiger charge is 2.21. The summed E-state index contributed by atoms with van der Waals surface area (Å²) in [5, 5.41) is 0. The highest BCUT2D eigenvalue weighted by atomic mass is 31.2. The molecule has 0 fully saturated rings. The van der Waals surface area contributed by atoms with Gasteiger partial charge < -0.3 is 27.9 Å². The molecule has 0 aromatic heterocycles. The monoisotopic (exact) mass is 902 g/mol. The molecule has 0 rings (SSSR count). The Morgan fingerprint density at radius 1 is 0.435 bits per heavy atom. The molecule has 0 aromatic rings. The maximum absolute atomic E-state index is 12.8. The second-order valence-corrected chi connectivity index (χ2v) is 21.0. The Hall–Kier alpha value is -0.990. The second kappa shape index (κ2) is 45.2. The fraction of sp³-hybridized carbons (Fsp3) is 0.962. The van der Waals surface area contributed by atoms with Gasteiger partial charge >= 0.3 is 11.9 Å². The predicted octanol–water partition coefficient (Wildman–Crippen LogP) is 15.3. The molecule has 0 amide bonds. The Kier molecular flexibility index (Phi) is 44.5. The minimum Gasteiger partial charge on any atom is -0.756 e. The first kappa shape index (κ1) is 61.0. The molecule has 1 unspecified atom stereocenters. The van der Waals surface area contributed by atoms with Gasteiger partial charge in [0.25, 0.3) is 7.82 Å². The molecule has 0 aromatic carbocycles. The Morgan fingerprint density at radius 3 is 1.03 bits per heavy atom. The van der Waals surface area contributed by atoms with E-state index >= 15 is 0 Å². The second-order valence-electron chi connectivity index (χ2n) is 19.6. The number of quaternary nitrogens is 1. The van der Waals surface area contributed by atoms with Gasteiger partial charge in [-0.2, -0.15) is 0 Å². The van der Waals surface area contributed by atoms with Crippen LogP contribution >= 0.6 is 7.82 Å². The van der Waals surface area contributed by atoms with E-state index in [4.69, 9.17) is 18.5 Å². The minimum absolute atomic E-state index is 0.0253. The lowest BCUT2D eigenvalue weighted by atomic mass is 10.0. The lowest BCUT2D eigenvalue weighted by molar-refractivity contribution is -0.870. The van der Waals surface area contributed by atoms with E-state index in [0.717, 1.165) is 32.1 Å². The van der Waals surface area contributed by atoms with Crippen LogP contribution in [0.2, 0.25) is 0 Å². The third-order valence-corrected chi connectivity index (χ3v) is 13.1. The average molecular weight is 902 g/mol. The SMILES string of the molecule is CCCCCCCCCCCCCCCCCCCCCCCCCC(=O)O[C@H](COC(=O)CCCCCCCCCCCCCCCCC)COP(=O)([O-])OCC[N+](C)(C)C. The molecule has 0 saturated carbocycles. The first-order valence-corrected chi connectivity index (χ1v) is 28.2. The zero-order valence-corrected chi connectivity index (χ0v) is 42.7. The van der Waals surface area contributed by atoms with E-state index in [0.29, 0.717) is 17.4 Å². The van der Waals surface area contributed by atoms with E-state index in [2.05, 4.69) is 13.8 Å². The number of esters is 2. The van der Waals surface area contributed by atoms with E-state index in [1.165, 1.54) is 205 Å². The lowest BCUT2D eigenvalue weighted by Gasteiger charge is -2.28. The van der Waals surface area contributed by atoms with Crippen LogP contribution in [-0.2, 0) is 32.7 Å². The highest BCUT2D eigenvalue weighted by molar-refractivity contribution is 7.45. The number of carbonyl (C=O) groups excluding carboxylic acids is 2. The number of rotatable bonds is 50. The number of likely N-dealkylation sites (N-methyl/N-ethyl adjacent to an activating group) is 1. The highest BCUT2D eigenvalue weighted by Crippen LogP contribution is 2.38. The van der Waals surface area contributed by atoms with E-state index in [1.54, 1.807) is 0 Å². The molecule has 2 atom stereocenters. The molecule has 9 nitrogen and oxygen atoms in total.